The van der Waals surface area contributed by atoms with Gasteiger partial charge in [-0.1, -0.05) is 58.3 Å². The van der Waals surface area contributed by atoms with Gasteiger partial charge in [0.15, 0.2) is 5.25 Å². The number of carbonyl (C=O) groups is 3. The van der Waals surface area contributed by atoms with Crippen LogP contribution in [0.3, 0.4) is 0 Å². The van der Waals surface area contributed by atoms with Gasteiger partial charge in [0.05, 0.1) is 19.1 Å². The van der Waals surface area contributed by atoms with Crippen LogP contribution in [-0.2, 0) is 34.0 Å². The third-order valence-corrected chi connectivity index (χ3v) is 5.88. The molecule has 0 heterocycles. The summed E-state index contributed by atoms with van der Waals surface area (Å²) in [5, 5.41) is 9.22. The number of carbonyl (C=O) groups excluding carboxylic acids is 2. The van der Waals surface area contributed by atoms with Crippen molar-refractivity contribution in [1.29, 1.82) is 0 Å². The Morgan fingerprint density at radius 2 is 1.50 bits per heavy atom. The van der Waals surface area contributed by atoms with Crippen LogP contribution in [0, 0.1) is 0 Å². The minimum absolute atomic E-state index is 0.0560. The second-order valence-corrected chi connectivity index (χ2v) is 9.43. The zero-order chi connectivity index (χ0) is 24.4. The molecule has 32 heavy (non-hydrogen) atoms. The summed E-state index contributed by atoms with van der Waals surface area (Å²) >= 11 is 0. The molecule has 0 radical (unpaired) electrons. The number of aliphatic carboxylic acids is 1. The van der Waals surface area contributed by atoms with Crippen LogP contribution in [0.4, 0.5) is 0 Å². The molecule has 1 amide bonds. The van der Waals surface area contributed by atoms with Crippen molar-refractivity contribution in [2.24, 2.45) is 0 Å². The van der Waals surface area contributed by atoms with Crippen LogP contribution < -0.4 is 5.32 Å². The van der Waals surface area contributed by atoms with Gasteiger partial charge in [-0.25, -0.2) is 0 Å². The fraction of sp³-hybridized carbons (Fsp3) is 0.857. The van der Waals surface area contributed by atoms with Crippen LogP contribution in [0.5, 0.6) is 0 Å². The van der Waals surface area contributed by atoms with E-state index in [9.17, 15) is 22.8 Å². The predicted octanol–water partition coefficient (Wildman–Crippen LogP) is 2.70. The lowest BCUT2D eigenvalue weighted by Crippen LogP contribution is -2.35. The fourth-order valence-electron chi connectivity index (χ4n) is 2.95. The number of rotatable bonds is 20. The molecule has 0 aliphatic rings. The van der Waals surface area contributed by atoms with Crippen molar-refractivity contribution in [1.82, 2.24) is 5.32 Å². The molecule has 0 aromatic carbocycles. The molecule has 2 unspecified atom stereocenters. The van der Waals surface area contributed by atoms with Gasteiger partial charge in [-0.2, -0.15) is 8.42 Å². The van der Waals surface area contributed by atoms with E-state index >= 15 is 0 Å². The number of nitrogens with one attached hydrogen (secondary N) is 1. The Balaban J connectivity index is 3.83. The van der Waals surface area contributed by atoms with Gasteiger partial charge >= 0.3 is 11.9 Å². The van der Waals surface area contributed by atoms with Gasteiger partial charge in [0.25, 0.3) is 10.1 Å². The highest BCUT2D eigenvalue weighted by molar-refractivity contribution is 7.87. The monoisotopic (exact) mass is 481 g/mol. The summed E-state index contributed by atoms with van der Waals surface area (Å²) in [7, 11) is -4.89. The van der Waals surface area contributed by atoms with Gasteiger partial charge in [-0.3, -0.25) is 18.9 Å². The van der Waals surface area contributed by atoms with Crippen LogP contribution in [0.1, 0.15) is 84.5 Å². The maximum atomic E-state index is 11.9. The number of carboxylic acid groups (broad SMARTS) is 1. The van der Waals surface area contributed by atoms with Crippen molar-refractivity contribution >= 4 is 28.0 Å². The van der Waals surface area contributed by atoms with E-state index in [-0.39, 0.29) is 31.8 Å². The average molecular weight is 482 g/mol. The number of ether oxygens (including phenoxy) is 2. The molecule has 0 aromatic heterocycles. The topological polar surface area (TPSA) is 156 Å². The van der Waals surface area contributed by atoms with E-state index in [1.165, 1.54) is 38.5 Å². The Kier molecular flexibility index (Phi) is 16.8. The van der Waals surface area contributed by atoms with Crippen molar-refractivity contribution in [2.75, 3.05) is 19.8 Å². The average Bonchev–Trinajstić information content (AvgIpc) is 2.71. The lowest BCUT2D eigenvalue weighted by atomic mass is 10.1. The van der Waals surface area contributed by atoms with Crippen molar-refractivity contribution in [3.63, 3.8) is 0 Å². The lowest BCUT2D eigenvalue weighted by Gasteiger charge is -2.15. The van der Waals surface area contributed by atoms with E-state index < -0.39 is 33.7 Å². The summed E-state index contributed by atoms with van der Waals surface area (Å²) in [5.74, 6) is -2.98. The maximum Gasteiger partial charge on any atom is 0.327 e. The minimum atomic E-state index is -4.89. The number of esters is 1. The zero-order valence-electron chi connectivity index (χ0n) is 19.2. The molecule has 3 N–H and O–H groups in total. The molecule has 10 nitrogen and oxygen atoms in total. The Morgan fingerprint density at radius 1 is 0.938 bits per heavy atom. The minimum Gasteiger partial charge on any atom is -0.481 e. The van der Waals surface area contributed by atoms with E-state index in [1.54, 1.807) is 6.92 Å². The largest absolute Gasteiger partial charge is 0.481 e. The predicted molar refractivity (Wildman–Crippen MR) is 119 cm³/mol. The molecule has 188 valence electrons. The molecular weight excluding hydrogens is 442 g/mol. The van der Waals surface area contributed by atoms with Crippen LogP contribution in [-0.4, -0.2) is 67.0 Å². The van der Waals surface area contributed by atoms with Gasteiger partial charge in [-0.15, -0.1) is 0 Å². The van der Waals surface area contributed by atoms with Crippen molar-refractivity contribution < 1.29 is 41.9 Å². The van der Waals surface area contributed by atoms with Gasteiger partial charge < -0.3 is 19.9 Å². The number of hydrogen-bond acceptors (Lipinski definition) is 7. The molecular formula is C21H39NO9S. The summed E-state index contributed by atoms with van der Waals surface area (Å²) in [4.78, 5) is 34.2. The molecule has 2 atom stereocenters. The summed E-state index contributed by atoms with van der Waals surface area (Å²) in [5.41, 5.74) is 0. The molecule has 0 aliphatic heterocycles. The summed E-state index contributed by atoms with van der Waals surface area (Å²) in [6.07, 6.45) is 9.62. The molecule has 11 heteroatoms. The first kappa shape index (κ1) is 30.3. The van der Waals surface area contributed by atoms with E-state index in [0.717, 1.165) is 19.3 Å². The first-order valence-electron chi connectivity index (χ1n) is 11.3. The number of unbranched alkanes of at least 4 members (excludes halogenated alkanes) is 8. The number of amides is 1. The van der Waals surface area contributed by atoms with Gasteiger partial charge in [0.2, 0.25) is 5.91 Å². The normalized spacial score (nSPS) is 13.3. The summed E-state index contributed by atoms with van der Waals surface area (Å²) < 4.78 is 41.2. The number of hydrogen-bond donors (Lipinski definition) is 3. The second kappa shape index (κ2) is 17.8. The highest BCUT2D eigenvalue weighted by atomic mass is 32.2. The summed E-state index contributed by atoms with van der Waals surface area (Å²) in [6.45, 7) is 3.79. The van der Waals surface area contributed by atoms with Crippen molar-refractivity contribution in [2.45, 2.75) is 95.8 Å². The SMILES string of the molecule is CCCCCCCCCCCC(=O)NCC(C)OCCOC(=O)C(CC(=O)O)S(=O)(=O)O. The first-order chi connectivity index (χ1) is 15.1. The van der Waals surface area contributed by atoms with Crippen LogP contribution in [0.2, 0.25) is 0 Å². The molecule has 0 rings (SSSR count). The highest BCUT2D eigenvalue weighted by Gasteiger charge is 2.34. The van der Waals surface area contributed by atoms with E-state index in [2.05, 4.69) is 17.0 Å². The molecule has 0 saturated carbocycles. The lowest BCUT2D eigenvalue weighted by molar-refractivity contribution is -0.148. The molecule has 0 spiro atoms. The third-order valence-electron chi connectivity index (χ3n) is 4.81. The standard InChI is InChI=1S/C21H39NO9S/c1-3-4-5-6-7-8-9-10-11-12-19(23)22-16-17(2)30-13-14-31-21(26)18(15-20(24)25)32(27,28)29/h17-18H,3-16H2,1-2H3,(H,22,23)(H,24,25)(H,27,28,29). The molecule has 0 aromatic rings. The zero-order valence-corrected chi connectivity index (χ0v) is 20.0. The Bertz CT molecular complexity index is 652. The Hall–Kier alpha value is -1.72. The van der Waals surface area contributed by atoms with E-state index in [0.29, 0.717) is 6.42 Å². The Labute approximate surface area is 191 Å². The Morgan fingerprint density at radius 3 is 2.03 bits per heavy atom. The van der Waals surface area contributed by atoms with Crippen molar-refractivity contribution in [3.05, 3.63) is 0 Å². The quantitative estimate of drug-likeness (QED) is 0.135. The van der Waals surface area contributed by atoms with Gasteiger partial charge in [0.1, 0.15) is 6.61 Å². The van der Waals surface area contributed by atoms with Crippen molar-refractivity contribution in [3.8, 4) is 0 Å². The third kappa shape index (κ3) is 16.9. The van der Waals surface area contributed by atoms with E-state index in [4.69, 9.17) is 14.4 Å². The smallest absolute Gasteiger partial charge is 0.327 e. The van der Waals surface area contributed by atoms with Crippen LogP contribution in [0.15, 0.2) is 0 Å². The molecule has 0 bridgehead atoms. The molecule has 0 fully saturated rings. The van der Waals surface area contributed by atoms with Gasteiger partial charge in [0, 0.05) is 13.0 Å². The first-order valence-corrected chi connectivity index (χ1v) is 12.8. The van der Waals surface area contributed by atoms with Gasteiger partial charge in [-0.05, 0) is 13.3 Å². The second-order valence-electron chi connectivity index (χ2n) is 7.83. The number of carboxylic acids is 1. The highest BCUT2D eigenvalue weighted by Crippen LogP contribution is 2.10. The van der Waals surface area contributed by atoms with E-state index in [1.807, 2.05) is 0 Å². The molecule has 0 saturated heterocycles. The van der Waals surface area contributed by atoms with Crippen LogP contribution >= 0.6 is 0 Å². The molecule has 0 aliphatic carbocycles. The fourth-order valence-corrected chi connectivity index (χ4v) is 3.62. The summed E-state index contributed by atoms with van der Waals surface area (Å²) in [6, 6.07) is 0. The van der Waals surface area contributed by atoms with Crippen LogP contribution in [0.25, 0.3) is 0 Å². The maximum absolute atomic E-state index is 11.9.